The summed E-state index contributed by atoms with van der Waals surface area (Å²) in [5, 5.41) is 3.40. The highest BCUT2D eigenvalue weighted by Crippen LogP contribution is 2.28. The maximum absolute atomic E-state index is 6.42. The molecule has 0 aliphatic carbocycles. The summed E-state index contributed by atoms with van der Waals surface area (Å²) < 4.78 is 0. The molecule has 1 aliphatic rings. The van der Waals surface area contributed by atoms with E-state index in [-0.39, 0.29) is 6.04 Å². The first kappa shape index (κ1) is 14.4. The Hall–Kier alpha value is -1.06. The van der Waals surface area contributed by atoms with Crippen LogP contribution in [0.25, 0.3) is 0 Å². The fourth-order valence-corrected chi connectivity index (χ4v) is 2.97. The predicted molar refractivity (Wildman–Crippen MR) is 82.5 cm³/mol. The van der Waals surface area contributed by atoms with E-state index >= 15 is 0 Å². The van der Waals surface area contributed by atoms with Crippen molar-refractivity contribution in [3.63, 3.8) is 0 Å². The van der Waals surface area contributed by atoms with Gasteiger partial charge in [0, 0.05) is 24.8 Å². The Balaban J connectivity index is 2.04. The third-order valence-corrected chi connectivity index (χ3v) is 4.30. The van der Waals surface area contributed by atoms with Crippen LogP contribution in [0.15, 0.2) is 24.3 Å². The summed E-state index contributed by atoms with van der Waals surface area (Å²) in [6.45, 7) is 8.70. The molecule has 1 fully saturated rings. The van der Waals surface area contributed by atoms with Gasteiger partial charge in [0.05, 0.1) is 0 Å². The van der Waals surface area contributed by atoms with Gasteiger partial charge in [0.2, 0.25) is 0 Å². The number of nitrogens with zero attached hydrogens (tertiary/aromatic N) is 1. The van der Waals surface area contributed by atoms with E-state index in [0.717, 1.165) is 26.2 Å². The van der Waals surface area contributed by atoms with Gasteiger partial charge in [-0.2, -0.15) is 0 Å². The average Bonchev–Trinajstić information content (AvgIpc) is 2.49. The van der Waals surface area contributed by atoms with E-state index in [2.05, 4.69) is 48.3 Å². The summed E-state index contributed by atoms with van der Waals surface area (Å²) in [6.07, 6.45) is 2.39. The Morgan fingerprint density at radius 2 is 1.74 bits per heavy atom. The summed E-state index contributed by atoms with van der Waals surface area (Å²) in [6, 6.07) is 9.03. The molecule has 19 heavy (non-hydrogen) atoms. The van der Waals surface area contributed by atoms with E-state index in [4.69, 9.17) is 5.73 Å². The largest absolute Gasteiger partial charge is 0.372 e. The lowest BCUT2D eigenvalue weighted by molar-refractivity contribution is 0.322. The van der Waals surface area contributed by atoms with Crippen LogP contribution in [0.1, 0.15) is 38.3 Å². The van der Waals surface area contributed by atoms with Crippen LogP contribution in [0, 0.1) is 5.92 Å². The van der Waals surface area contributed by atoms with Crippen LogP contribution in [0.4, 0.5) is 5.69 Å². The second kappa shape index (κ2) is 6.92. The van der Waals surface area contributed by atoms with Gasteiger partial charge in [-0.1, -0.05) is 12.1 Å². The van der Waals surface area contributed by atoms with Crippen LogP contribution in [0.2, 0.25) is 0 Å². The third kappa shape index (κ3) is 3.48. The topological polar surface area (TPSA) is 41.3 Å². The molecule has 0 spiro atoms. The minimum absolute atomic E-state index is 0.188. The first-order chi connectivity index (χ1) is 9.26. The van der Waals surface area contributed by atoms with Crippen molar-refractivity contribution in [1.29, 1.82) is 0 Å². The van der Waals surface area contributed by atoms with E-state index < -0.39 is 0 Å². The monoisotopic (exact) mass is 261 g/mol. The van der Waals surface area contributed by atoms with Gasteiger partial charge < -0.3 is 16.0 Å². The summed E-state index contributed by atoms with van der Waals surface area (Å²) in [5.41, 5.74) is 9.00. The highest BCUT2D eigenvalue weighted by Gasteiger charge is 2.21. The second-order valence-electron chi connectivity index (χ2n) is 5.38. The van der Waals surface area contributed by atoms with E-state index in [1.54, 1.807) is 0 Å². The Labute approximate surface area is 117 Å². The zero-order chi connectivity index (χ0) is 13.7. The summed E-state index contributed by atoms with van der Waals surface area (Å²) in [5.74, 6) is 0.626. The Bertz CT molecular complexity index is 364. The summed E-state index contributed by atoms with van der Waals surface area (Å²) in [4.78, 5) is 2.36. The lowest BCUT2D eigenvalue weighted by Gasteiger charge is -2.29. The van der Waals surface area contributed by atoms with E-state index in [0.29, 0.717) is 5.92 Å². The zero-order valence-electron chi connectivity index (χ0n) is 12.2. The van der Waals surface area contributed by atoms with Crippen molar-refractivity contribution in [2.45, 2.75) is 32.7 Å². The highest BCUT2D eigenvalue weighted by molar-refractivity contribution is 5.47. The van der Waals surface area contributed by atoms with Gasteiger partial charge in [-0.15, -0.1) is 0 Å². The van der Waals surface area contributed by atoms with Crippen LogP contribution >= 0.6 is 0 Å². The molecule has 1 heterocycles. The number of hydrogen-bond donors (Lipinski definition) is 2. The van der Waals surface area contributed by atoms with Crippen molar-refractivity contribution in [2.24, 2.45) is 11.7 Å². The molecule has 3 heteroatoms. The number of piperidine rings is 1. The SMILES string of the molecule is CCN(CC)c1ccc([C@H](N)C2CCNCC2)cc1. The Morgan fingerprint density at radius 1 is 1.16 bits per heavy atom. The maximum Gasteiger partial charge on any atom is 0.0366 e. The zero-order valence-corrected chi connectivity index (χ0v) is 12.2. The smallest absolute Gasteiger partial charge is 0.0366 e. The Morgan fingerprint density at radius 3 is 2.26 bits per heavy atom. The molecule has 1 saturated heterocycles. The van der Waals surface area contributed by atoms with Crippen molar-refractivity contribution in [1.82, 2.24) is 5.32 Å². The quantitative estimate of drug-likeness (QED) is 0.856. The van der Waals surface area contributed by atoms with E-state index in [9.17, 15) is 0 Å². The fraction of sp³-hybridized carbons (Fsp3) is 0.625. The molecule has 1 atom stereocenters. The van der Waals surface area contributed by atoms with Crippen LogP contribution in [0.5, 0.6) is 0 Å². The van der Waals surface area contributed by atoms with Gasteiger partial charge in [-0.25, -0.2) is 0 Å². The number of nitrogens with one attached hydrogen (secondary N) is 1. The van der Waals surface area contributed by atoms with Gasteiger partial charge in [-0.3, -0.25) is 0 Å². The molecule has 0 amide bonds. The molecule has 0 unspecified atom stereocenters. The van der Waals surface area contributed by atoms with Crippen molar-refractivity contribution < 1.29 is 0 Å². The standard InChI is InChI=1S/C16H27N3/c1-3-19(4-2)15-7-5-13(6-8-15)16(17)14-9-11-18-12-10-14/h5-8,14,16,18H,3-4,9-12,17H2,1-2H3/t16-/m0/s1. The minimum Gasteiger partial charge on any atom is -0.372 e. The number of hydrogen-bond acceptors (Lipinski definition) is 3. The van der Waals surface area contributed by atoms with E-state index in [1.807, 2.05) is 0 Å². The molecule has 0 bridgehead atoms. The Kier molecular flexibility index (Phi) is 5.23. The van der Waals surface area contributed by atoms with Crippen molar-refractivity contribution in [3.8, 4) is 0 Å². The molecule has 2 rings (SSSR count). The maximum atomic E-state index is 6.42. The van der Waals surface area contributed by atoms with Crippen LogP contribution < -0.4 is 16.0 Å². The van der Waals surface area contributed by atoms with Gasteiger partial charge in [0.15, 0.2) is 0 Å². The second-order valence-corrected chi connectivity index (χ2v) is 5.38. The lowest BCUT2D eigenvalue weighted by Crippen LogP contribution is -2.33. The number of benzene rings is 1. The highest BCUT2D eigenvalue weighted by atomic mass is 15.1. The molecule has 3 nitrogen and oxygen atoms in total. The van der Waals surface area contributed by atoms with Crippen LogP contribution in [-0.4, -0.2) is 26.2 Å². The molecule has 0 radical (unpaired) electrons. The van der Waals surface area contributed by atoms with Crippen molar-refractivity contribution in [3.05, 3.63) is 29.8 Å². The lowest BCUT2D eigenvalue weighted by atomic mass is 9.86. The molecule has 1 aromatic rings. The van der Waals surface area contributed by atoms with Crippen molar-refractivity contribution >= 4 is 5.69 Å². The van der Waals surface area contributed by atoms with Gasteiger partial charge in [0.25, 0.3) is 0 Å². The van der Waals surface area contributed by atoms with Gasteiger partial charge in [-0.05, 0) is 63.4 Å². The number of nitrogens with two attached hydrogens (primary N) is 1. The fourth-order valence-electron chi connectivity index (χ4n) is 2.97. The van der Waals surface area contributed by atoms with Crippen molar-refractivity contribution in [2.75, 3.05) is 31.1 Å². The molecule has 1 aromatic carbocycles. The molecule has 1 aliphatic heterocycles. The molecule has 3 N–H and O–H groups in total. The van der Waals surface area contributed by atoms with E-state index in [1.165, 1.54) is 24.1 Å². The summed E-state index contributed by atoms with van der Waals surface area (Å²) in [7, 11) is 0. The minimum atomic E-state index is 0.188. The van der Waals surface area contributed by atoms with Crippen LogP contribution in [0.3, 0.4) is 0 Å². The molecular weight excluding hydrogens is 234 g/mol. The van der Waals surface area contributed by atoms with Crippen LogP contribution in [-0.2, 0) is 0 Å². The molecule has 0 aromatic heterocycles. The first-order valence-electron chi connectivity index (χ1n) is 7.57. The van der Waals surface area contributed by atoms with Gasteiger partial charge in [0.1, 0.15) is 0 Å². The molecule has 106 valence electrons. The third-order valence-electron chi connectivity index (χ3n) is 4.30. The first-order valence-corrected chi connectivity index (χ1v) is 7.57. The average molecular weight is 261 g/mol. The predicted octanol–water partition coefficient (Wildman–Crippen LogP) is 2.53. The molecular formula is C16H27N3. The number of anilines is 1. The summed E-state index contributed by atoms with van der Waals surface area (Å²) >= 11 is 0. The number of rotatable bonds is 5. The molecule has 0 saturated carbocycles. The normalized spacial score (nSPS) is 18.3. The van der Waals surface area contributed by atoms with Gasteiger partial charge >= 0.3 is 0 Å².